The molecule has 1 atom stereocenters. The quantitative estimate of drug-likeness (QED) is 0.676. The maximum Gasteiger partial charge on any atom is -0.0110 e. The Morgan fingerprint density at radius 2 is 1.67 bits per heavy atom. The van der Waals surface area contributed by atoms with Crippen LogP contribution in [0.2, 0.25) is 0 Å². The molecule has 0 radical (unpaired) electrons. The first-order valence-corrected chi connectivity index (χ1v) is 7.02. The van der Waals surface area contributed by atoms with E-state index < -0.39 is 0 Å². The van der Waals surface area contributed by atoms with Crippen LogP contribution in [0.4, 0.5) is 0 Å². The minimum absolute atomic E-state index is 0.512. The van der Waals surface area contributed by atoms with Crippen LogP contribution in [0.5, 0.6) is 0 Å². The average molecular weight is 220 g/mol. The summed E-state index contributed by atoms with van der Waals surface area (Å²) in [5.41, 5.74) is 0. The lowest BCUT2D eigenvalue weighted by atomic mass is 9.93. The molecule has 0 amide bonds. The van der Waals surface area contributed by atoms with Gasteiger partial charge in [-0.25, -0.2) is 0 Å². The largest absolute Gasteiger partial charge is 0.0843 e. The number of benzene rings is 1. The molecule has 0 heterocycles. The van der Waals surface area contributed by atoms with Gasteiger partial charge < -0.3 is 0 Å². The summed E-state index contributed by atoms with van der Waals surface area (Å²) in [5, 5.41) is 2.03. The standard InChI is InChI=1S/C14H21P/c1-14(2,12-8-6-7-9-12)15-13-10-4-3-5-11-13/h3-5,10-12,15H,6-9H2,1-2H3. The van der Waals surface area contributed by atoms with Gasteiger partial charge in [-0.3, -0.25) is 0 Å². The third kappa shape index (κ3) is 2.82. The second-order valence-electron chi connectivity index (χ2n) is 5.19. The summed E-state index contributed by atoms with van der Waals surface area (Å²) >= 11 is 0. The van der Waals surface area contributed by atoms with Gasteiger partial charge in [0, 0.05) is 0 Å². The van der Waals surface area contributed by atoms with Crippen LogP contribution < -0.4 is 5.30 Å². The predicted octanol–water partition coefficient (Wildman–Crippen LogP) is 3.96. The van der Waals surface area contributed by atoms with Crippen LogP contribution >= 0.6 is 8.58 Å². The molecular formula is C14H21P. The van der Waals surface area contributed by atoms with Gasteiger partial charge in [0.15, 0.2) is 0 Å². The van der Waals surface area contributed by atoms with Gasteiger partial charge in [-0.2, -0.15) is 0 Å². The van der Waals surface area contributed by atoms with E-state index in [1.807, 2.05) is 0 Å². The maximum atomic E-state index is 2.45. The first-order chi connectivity index (χ1) is 7.18. The molecule has 1 aromatic rings. The summed E-state index contributed by atoms with van der Waals surface area (Å²) in [6, 6.07) is 11.0. The van der Waals surface area contributed by atoms with Crippen molar-refractivity contribution in [3.05, 3.63) is 30.3 Å². The van der Waals surface area contributed by atoms with Gasteiger partial charge in [-0.15, -0.1) is 0 Å². The topological polar surface area (TPSA) is 0 Å². The Kier molecular flexibility index (Phi) is 3.46. The Balaban J connectivity index is 2.03. The predicted molar refractivity (Wildman–Crippen MR) is 70.4 cm³/mol. The van der Waals surface area contributed by atoms with E-state index in [0.29, 0.717) is 5.16 Å². The second-order valence-corrected chi connectivity index (χ2v) is 7.31. The summed E-state index contributed by atoms with van der Waals surface area (Å²) in [4.78, 5) is 0. The molecule has 1 aliphatic rings. The van der Waals surface area contributed by atoms with Crippen LogP contribution in [0, 0.1) is 5.92 Å². The van der Waals surface area contributed by atoms with E-state index in [0.717, 1.165) is 14.5 Å². The Labute approximate surface area is 95.3 Å². The van der Waals surface area contributed by atoms with Crippen LogP contribution in [-0.2, 0) is 0 Å². The molecule has 82 valence electrons. The molecule has 1 fully saturated rings. The van der Waals surface area contributed by atoms with Gasteiger partial charge in [-0.1, -0.05) is 65.6 Å². The van der Waals surface area contributed by atoms with Crippen molar-refractivity contribution in [1.29, 1.82) is 0 Å². The minimum Gasteiger partial charge on any atom is -0.0843 e. The van der Waals surface area contributed by atoms with Crippen molar-refractivity contribution in [2.45, 2.75) is 44.7 Å². The number of rotatable bonds is 3. The molecule has 1 saturated carbocycles. The molecule has 0 aliphatic heterocycles. The lowest BCUT2D eigenvalue weighted by molar-refractivity contribution is 0.434. The van der Waals surface area contributed by atoms with E-state index in [-0.39, 0.29) is 0 Å². The second kappa shape index (κ2) is 4.66. The molecule has 1 aliphatic carbocycles. The van der Waals surface area contributed by atoms with E-state index in [2.05, 4.69) is 44.2 Å². The Morgan fingerprint density at radius 1 is 1.07 bits per heavy atom. The fourth-order valence-electron chi connectivity index (χ4n) is 2.64. The lowest BCUT2D eigenvalue weighted by Gasteiger charge is -2.31. The Morgan fingerprint density at radius 3 is 2.27 bits per heavy atom. The van der Waals surface area contributed by atoms with Crippen molar-refractivity contribution in [2.75, 3.05) is 0 Å². The van der Waals surface area contributed by atoms with Gasteiger partial charge in [0.05, 0.1) is 0 Å². The van der Waals surface area contributed by atoms with Crippen molar-refractivity contribution in [2.24, 2.45) is 5.92 Å². The summed E-state index contributed by atoms with van der Waals surface area (Å²) in [6.45, 7) is 4.91. The van der Waals surface area contributed by atoms with Crippen molar-refractivity contribution in [3.8, 4) is 0 Å². The zero-order chi connectivity index (χ0) is 10.7. The van der Waals surface area contributed by atoms with Gasteiger partial charge in [0.1, 0.15) is 0 Å². The van der Waals surface area contributed by atoms with Crippen LogP contribution in [0.1, 0.15) is 39.5 Å². The van der Waals surface area contributed by atoms with Crippen molar-refractivity contribution >= 4 is 13.9 Å². The van der Waals surface area contributed by atoms with E-state index in [1.165, 1.54) is 31.0 Å². The van der Waals surface area contributed by atoms with Gasteiger partial charge in [0.2, 0.25) is 0 Å². The summed E-state index contributed by atoms with van der Waals surface area (Å²) < 4.78 is 0. The summed E-state index contributed by atoms with van der Waals surface area (Å²) in [6.07, 6.45) is 5.81. The molecule has 2 rings (SSSR count). The average Bonchev–Trinajstić information content (AvgIpc) is 2.71. The smallest absolute Gasteiger partial charge is 0.0110 e. The first-order valence-electron chi connectivity index (χ1n) is 6.02. The molecule has 1 heteroatoms. The third-order valence-electron chi connectivity index (χ3n) is 3.62. The highest BCUT2D eigenvalue weighted by Gasteiger charge is 2.31. The minimum atomic E-state index is 0.512. The third-order valence-corrected chi connectivity index (χ3v) is 5.29. The molecule has 1 unspecified atom stereocenters. The Hall–Kier alpha value is -0.350. The normalized spacial score (nSPS) is 19.1. The van der Waals surface area contributed by atoms with Crippen molar-refractivity contribution in [3.63, 3.8) is 0 Å². The molecule has 0 spiro atoms. The van der Waals surface area contributed by atoms with Crippen molar-refractivity contribution in [1.82, 2.24) is 0 Å². The fourth-order valence-corrected chi connectivity index (χ4v) is 4.24. The van der Waals surface area contributed by atoms with Gasteiger partial charge in [-0.05, 0) is 29.2 Å². The molecule has 0 bridgehead atoms. The van der Waals surface area contributed by atoms with Crippen LogP contribution in [0.15, 0.2) is 30.3 Å². The zero-order valence-electron chi connectivity index (χ0n) is 9.79. The van der Waals surface area contributed by atoms with E-state index in [4.69, 9.17) is 0 Å². The molecule has 15 heavy (non-hydrogen) atoms. The van der Waals surface area contributed by atoms with Gasteiger partial charge in [0.25, 0.3) is 0 Å². The SMILES string of the molecule is CC(C)(Pc1ccccc1)C1CCCC1. The zero-order valence-corrected chi connectivity index (χ0v) is 10.8. The maximum absolute atomic E-state index is 2.45. The highest BCUT2D eigenvalue weighted by atomic mass is 31.1. The summed E-state index contributed by atoms with van der Waals surface area (Å²) in [7, 11) is 0.965. The monoisotopic (exact) mass is 220 g/mol. The number of hydrogen-bond acceptors (Lipinski definition) is 0. The lowest BCUT2D eigenvalue weighted by Crippen LogP contribution is -2.26. The molecule has 0 saturated heterocycles. The molecule has 0 nitrogen and oxygen atoms in total. The van der Waals surface area contributed by atoms with Crippen LogP contribution in [0.3, 0.4) is 0 Å². The molecule has 0 aromatic heterocycles. The van der Waals surface area contributed by atoms with E-state index in [9.17, 15) is 0 Å². The van der Waals surface area contributed by atoms with Crippen molar-refractivity contribution < 1.29 is 0 Å². The fraction of sp³-hybridized carbons (Fsp3) is 0.571. The van der Waals surface area contributed by atoms with Crippen LogP contribution in [0.25, 0.3) is 0 Å². The van der Waals surface area contributed by atoms with Gasteiger partial charge >= 0.3 is 0 Å². The van der Waals surface area contributed by atoms with E-state index in [1.54, 1.807) is 0 Å². The number of hydrogen-bond donors (Lipinski definition) is 0. The van der Waals surface area contributed by atoms with E-state index >= 15 is 0 Å². The molecular weight excluding hydrogens is 199 g/mol. The van der Waals surface area contributed by atoms with Crippen LogP contribution in [-0.4, -0.2) is 5.16 Å². The Bertz CT molecular complexity index is 296. The molecule has 0 N–H and O–H groups in total. The summed E-state index contributed by atoms with van der Waals surface area (Å²) in [5.74, 6) is 0.955. The molecule has 1 aromatic carbocycles. The highest BCUT2D eigenvalue weighted by Crippen LogP contribution is 2.44. The highest BCUT2D eigenvalue weighted by molar-refractivity contribution is 7.48. The first kappa shape index (κ1) is 11.1.